The van der Waals surface area contributed by atoms with E-state index in [4.69, 9.17) is 22.5 Å². The molecule has 0 radical (unpaired) electrons. The van der Waals surface area contributed by atoms with Gasteiger partial charge < -0.3 is 10.9 Å². The zero-order chi connectivity index (χ0) is 12.7. The van der Waals surface area contributed by atoms with Crippen LogP contribution in [0.15, 0.2) is 28.3 Å². The maximum atomic E-state index is 8.74. The lowest BCUT2D eigenvalue weighted by Crippen LogP contribution is -2.15. The molecule has 0 heterocycles. The van der Waals surface area contributed by atoms with Crippen LogP contribution in [0.1, 0.15) is 31.7 Å². The van der Waals surface area contributed by atoms with Crippen molar-refractivity contribution in [2.24, 2.45) is 10.9 Å². The van der Waals surface area contributed by atoms with Gasteiger partial charge in [0.15, 0.2) is 5.84 Å². The highest BCUT2D eigenvalue weighted by molar-refractivity contribution is 7.99. The van der Waals surface area contributed by atoms with Crippen molar-refractivity contribution >= 4 is 29.2 Å². The van der Waals surface area contributed by atoms with Gasteiger partial charge in [-0.1, -0.05) is 42.6 Å². The Morgan fingerprint density at radius 3 is 2.88 bits per heavy atom. The summed E-state index contributed by atoms with van der Waals surface area (Å²) in [5.41, 5.74) is 6.25. The fourth-order valence-electron chi connectivity index (χ4n) is 1.46. The number of oxime groups is 1. The van der Waals surface area contributed by atoms with Gasteiger partial charge in [0.2, 0.25) is 0 Å². The number of amidine groups is 1. The molecule has 0 aliphatic heterocycles. The zero-order valence-electron chi connectivity index (χ0n) is 9.82. The third-order valence-electron chi connectivity index (χ3n) is 2.34. The van der Waals surface area contributed by atoms with E-state index < -0.39 is 0 Å². The van der Waals surface area contributed by atoms with Crippen molar-refractivity contribution in [3.8, 4) is 0 Å². The Labute approximate surface area is 111 Å². The fourth-order valence-corrected chi connectivity index (χ4v) is 2.89. The van der Waals surface area contributed by atoms with E-state index in [2.05, 4.69) is 12.1 Å². The smallest absolute Gasteiger partial charge is 0.172 e. The molecule has 3 N–H and O–H groups in total. The van der Waals surface area contributed by atoms with E-state index in [1.54, 1.807) is 17.8 Å². The summed E-state index contributed by atoms with van der Waals surface area (Å²) in [4.78, 5) is 0.962. The summed E-state index contributed by atoms with van der Waals surface area (Å²) in [6, 6.07) is 5.56. The third kappa shape index (κ3) is 4.13. The van der Waals surface area contributed by atoms with Gasteiger partial charge in [-0.2, -0.15) is 0 Å². The Bertz CT molecular complexity index is 396. The molecule has 0 saturated carbocycles. The molecule has 0 saturated heterocycles. The molecule has 0 aromatic heterocycles. The molecule has 0 bridgehead atoms. The lowest BCUT2D eigenvalue weighted by molar-refractivity contribution is 0.318. The molecule has 1 aromatic rings. The molecule has 0 aliphatic rings. The molecule has 1 aromatic carbocycles. The molecule has 94 valence electrons. The number of hydrogen-bond acceptors (Lipinski definition) is 3. The van der Waals surface area contributed by atoms with Crippen molar-refractivity contribution in [1.82, 2.24) is 0 Å². The van der Waals surface area contributed by atoms with Gasteiger partial charge in [-0.25, -0.2) is 0 Å². The Balaban J connectivity index is 2.80. The Kier molecular flexibility index (Phi) is 6.22. The second-order valence-electron chi connectivity index (χ2n) is 3.65. The summed E-state index contributed by atoms with van der Waals surface area (Å²) < 4.78 is 0. The van der Waals surface area contributed by atoms with Gasteiger partial charge in [0.25, 0.3) is 0 Å². The lowest BCUT2D eigenvalue weighted by atomic mass is 10.2. The van der Waals surface area contributed by atoms with Crippen LogP contribution in [-0.4, -0.2) is 16.8 Å². The van der Waals surface area contributed by atoms with Crippen LogP contribution in [-0.2, 0) is 0 Å². The van der Waals surface area contributed by atoms with E-state index in [-0.39, 0.29) is 5.84 Å². The van der Waals surface area contributed by atoms with Gasteiger partial charge in [-0.15, -0.1) is 11.8 Å². The molecule has 5 heteroatoms. The molecule has 17 heavy (non-hydrogen) atoms. The number of benzene rings is 1. The standard InChI is InChI=1S/C12H17ClN2OS/c1-2-3-4-8-17-10-7-5-6-9(13)11(10)12(14)15-16/h5-7,16H,2-4,8H2,1H3,(H2,14,15). The number of unbranched alkanes of at least 4 members (excludes halogenated alkanes) is 2. The minimum Gasteiger partial charge on any atom is -0.409 e. The molecule has 1 rings (SSSR count). The Morgan fingerprint density at radius 2 is 2.24 bits per heavy atom. The Morgan fingerprint density at radius 1 is 1.47 bits per heavy atom. The van der Waals surface area contributed by atoms with Crippen LogP contribution >= 0.6 is 23.4 Å². The quantitative estimate of drug-likeness (QED) is 0.207. The van der Waals surface area contributed by atoms with Crippen molar-refractivity contribution < 1.29 is 5.21 Å². The third-order valence-corrected chi connectivity index (χ3v) is 3.80. The van der Waals surface area contributed by atoms with Gasteiger partial charge in [0.1, 0.15) is 0 Å². The molecule has 0 aliphatic carbocycles. The minimum atomic E-state index is 0.0635. The van der Waals surface area contributed by atoms with E-state index >= 15 is 0 Å². The summed E-state index contributed by atoms with van der Waals surface area (Å²) in [5, 5.41) is 12.3. The van der Waals surface area contributed by atoms with E-state index in [0.717, 1.165) is 17.1 Å². The van der Waals surface area contributed by atoms with E-state index in [0.29, 0.717) is 10.6 Å². The van der Waals surface area contributed by atoms with Crippen molar-refractivity contribution in [2.75, 3.05) is 5.75 Å². The van der Waals surface area contributed by atoms with Crippen LogP contribution < -0.4 is 5.73 Å². The lowest BCUT2D eigenvalue weighted by Gasteiger charge is -2.09. The average Bonchev–Trinajstić information content (AvgIpc) is 2.34. The molecule has 0 spiro atoms. The second-order valence-corrected chi connectivity index (χ2v) is 5.20. The van der Waals surface area contributed by atoms with Gasteiger partial charge in [-0.3, -0.25) is 0 Å². The fraction of sp³-hybridized carbons (Fsp3) is 0.417. The molecular weight excluding hydrogens is 256 g/mol. The largest absolute Gasteiger partial charge is 0.409 e. The van der Waals surface area contributed by atoms with Crippen molar-refractivity contribution in [2.45, 2.75) is 31.1 Å². The van der Waals surface area contributed by atoms with E-state index in [1.165, 1.54) is 12.8 Å². The first kappa shape index (κ1) is 14.2. The van der Waals surface area contributed by atoms with Crippen LogP contribution in [0, 0.1) is 0 Å². The van der Waals surface area contributed by atoms with Crippen molar-refractivity contribution in [1.29, 1.82) is 0 Å². The number of hydrogen-bond donors (Lipinski definition) is 2. The Hall–Kier alpha value is -0.870. The minimum absolute atomic E-state index is 0.0635. The summed E-state index contributed by atoms with van der Waals surface area (Å²) in [5.74, 6) is 1.08. The first-order chi connectivity index (χ1) is 8.20. The van der Waals surface area contributed by atoms with Crippen LogP contribution in [0.5, 0.6) is 0 Å². The number of thioether (sulfide) groups is 1. The van der Waals surface area contributed by atoms with Crippen LogP contribution in [0.2, 0.25) is 5.02 Å². The normalized spacial score (nSPS) is 11.8. The first-order valence-electron chi connectivity index (χ1n) is 5.60. The summed E-state index contributed by atoms with van der Waals surface area (Å²) in [7, 11) is 0. The van der Waals surface area contributed by atoms with Crippen molar-refractivity contribution in [3.63, 3.8) is 0 Å². The van der Waals surface area contributed by atoms with Crippen LogP contribution in [0.4, 0.5) is 0 Å². The molecule has 3 nitrogen and oxygen atoms in total. The molecule has 0 fully saturated rings. The molecule has 0 atom stereocenters. The summed E-state index contributed by atoms with van der Waals surface area (Å²) >= 11 is 7.75. The zero-order valence-corrected chi connectivity index (χ0v) is 11.4. The second kappa shape index (κ2) is 7.45. The maximum absolute atomic E-state index is 8.74. The van der Waals surface area contributed by atoms with E-state index in [1.807, 2.05) is 12.1 Å². The SMILES string of the molecule is CCCCCSc1cccc(Cl)c1/C(N)=N/O. The maximum Gasteiger partial charge on any atom is 0.172 e. The summed E-state index contributed by atoms with van der Waals surface area (Å²) in [6.07, 6.45) is 3.57. The van der Waals surface area contributed by atoms with E-state index in [9.17, 15) is 0 Å². The van der Waals surface area contributed by atoms with Gasteiger partial charge in [0.05, 0.1) is 10.6 Å². The molecular formula is C12H17ClN2OS. The predicted molar refractivity (Wildman–Crippen MR) is 74.2 cm³/mol. The number of rotatable bonds is 6. The van der Waals surface area contributed by atoms with Crippen LogP contribution in [0.3, 0.4) is 0 Å². The predicted octanol–water partition coefficient (Wildman–Crippen LogP) is 3.72. The first-order valence-corrected chi connectivity index (χ1v) is 6.96. The highest BCUT2D eigenvalue weighted by Gasteiger charge is 2.11. The van der Waals surface area contributed by atoms with Crippen LogP contribution in [0.25, 0.3) is 0 Å². The monoisotopic (exact) mass is 272 g/mol. The van der Waals surface area contributed by atoms with Gasteiger partial charge >= 0.3 is 0 Å². The highest BCUT2D eigenvalue weighted by atomic mass is 35.5. The van der Waals surface area contributed by atoms with Crippen molar-refractivity contribution in [3.05, 3.63) is 28.8 Å². The van der Waals surface area contributed by atoms with Gasteiger partial charge in [-0.05, 0) is 24.3 Å². The average molecular weight is 273 g/mol. The highest BCUT2D eigenvalue weighted by Crippen LogP contribution is 2.29. The summed E-state index contributed by atoms with van der Waals surface area (Å²) in [6.45, 7) is 2.17. The molecule has 0 amide bonds. The number of halogens is 1. The molecule has 0 unspecified atom stereocenters. The topological polar surface area (TPSA) is 58.6 Å². The number of nitrogens with zero attached hydrogens (tertiary/aromatic N) is 1. The number of nitrogens with two attached hydrogens (primary N) is 1. The van der Waals surface area contributed by atoms with Gasteiger partial charge in [0, 0.05) is 4.90 Å².